The highest BCUT2D eigenvalue weighted by molar-refractivity contribution is 9.11. The fourth-order valence-corrected chi connectivity index (χ4v) is 2.95. The van der Waals surface area contributed by atoms with Crippen molar-refractivity contribution in [3.63, 3.8) is 0 Å². The normalized spacial score (nSPS) is 10.2. The molecule has 1 aromatic carbocycles. The number of amides is 1. The second kappa shape index (κ2) is 5.98. The number of thiophene rings is 1. The van der Waals surface area contributed by atoms with E-state index in [0.29, 0.717) is 13.0 Å². The van der Waals surface area contributed by atoms with Crippen molar-refractivity contribution in [3.05, 3.63) is 56.7 Å². The van der Waals surface area contributed by atoms with Gasteiger partial charge in [-0.25, -0.2) is 0 Å². The predicted molar refractivity (Wildman–Crippen MR) is 74.0 cm³/mol. The molecule has 2 nitrogen and oxygen atoms in total. The highest BCUT2D eigenvalue weighted by atomic mass is 79.9. The molecular formula is C13H12BrNOS. The minimum absolute atomic E-state index is 0.0585. The Labute approximate surface area is 113 Å². The van der Waals surface area contributed by atoms with E-state index in [2.05, 4.69) is 21.2 Å². The fraction of sp³-hybridized carbons (Fsp3) is 0.154. The number of hydrogen-bond donors (Lipinski definition) is 1. The highest BCUT2D eigenvalue weighted by Crippen LogP contribution is 2.22. The molecule has 0 saturated carbocycles. The van der Waals surface area contributed by atoms with Crippen molar-refractivity contribution < 1.29 is 4.79 Å². The van der Waals surface area contributed by atoms with E-state index in [9.17, 15) is 4.79 Å². The molecule has 2 aromatic rings. The Bertz CT molecular complexity index is 495. The molecule has 0 aliphatic heterocycles. The van der Waals surface area contributed by atoms with Crippen molar-refractivity contribution in [2.45, 2.75) is 13.0 Å². The Balaban J connectivity index is 1.82. The van der Waals surface area contributed by atoms with E-state index < -0.39 is 0 Å². The Morgan fingerprint density at radius 3 is 2.59 bits per heavy atom. The van der Waals surface area contributed by atoms with Crippen LogP contribution in [0.5, 0.6) is 0 Å². The standard InChI is InChI=1S/C13H12BrNOS/c14-12-7-6-11(17-12)8-13(16)15-9-10-4-2-1-3-5-10/h1-7H,8-9H2,(H,15,16). The van der Waals surface area contributed by atoms with Gasteiger partial charge in [0, 0.05) is 11.4 Å². The second-order valence-corrected chi connectivity index (χ2v) is 6.19. The second-order valence-electron chi connectivity index (χ2n) is 3.64. The van der Waals surface area contributed by atoms with Gasteiger partial charge in [-0.05, 0) is 33.6 Å². The zero-order valence-corrected chi connectivity index (χ0v) is 11.6. The molecule has 0 radical (unpaired) electrons. The summed E-state index contributed by atoms with van der Waals surface area (Å²) in [5.41, 5.74) is 1.12. The van der Waals surface area contributed by atoms with Crippen LogP contribution in [0.2, 0.25) is 0 Å². The Hall–Kier alpha value is -1.13. The number of benzene rings is 1. The van der Waals surface area contributed by atoms with Crippen molar-refractivity contribution in [3.8, 4) is 0 Å². The van der Waals surface area contributed by atoms with Gasteiger partial charge in [-0.1, -0.05) is 30.3 Å². The third-order valence-electron chi connectivity index (χ3n) is 2.30. The van der Waals surface area contributed by atoms with Crippen LogP contribution in [0.25, 0.3) is 0 Å². The molecule has 0 aliphatic carbocycles. The quantitative estimate of drug-likeness (QED) is 0.922. The van der Waals surface area contributed by atoms with Crippen molar-refractivity contribution in [1.29, 1.82) is 0 Å². The third kappa shape index (κ3) is 3.98. The first-order valence-electron chi connectivity index (χ1n) is 5.29. The summed E-state index contributed by atoms with van der Waals surface area (Å²) < 4.78 is 1.06. The third-order valence-corrected chi connectivity index (χ3v) is 3.92. The predicted octanol–water partition coefficient (Wildman–Crippen LogP) is 3.37. The number of halogens is 1. The van der Waals surface area contributed by atoms with Crippen LogP contribution in [0.4, 0.5) is 0 Å². The van der Waals surface area contributed by atoms with Gasteiger partial charge in [0.1, 0.15) is 0 Å². The zero-order valence-electron chi connectivity index (χ0n) is 9.15. The highest BCUT2D eigenvalue weighted by Gasteiger charge is 2.05. The van der Waals surface area contributed by atoms with Gasteiger partial charge < -0.3 is 5.32 Å². The van der Waals surface area contributed by atoms with Gasteiger partial charge in [-0.2, -0.15) is 0 Å². The molecule has 1 amide bonds. The first-order chi connectivity index (χ1) is 8.24. The maximum Gasteiger partial charge on any atom is 0.225 e. The van der Waals surface area contributed by atoms with Crippen LogP contribution in [0.3, 0.4) is 0 Å². The Kier molecular flexibility index (Phi) is 4.34. The summed E-state index contributed by atoms with van der Waals surface area (Å²) in [5.74, 6) is 0.0585. The minimum Gasteiger partial charge on any atom is -0.352 e. The first kappa shape index (κ1) is 12.3. The average molecular weight is 310 g/mol. The summed E-state index contributed by atoms with van der Waals surface area (Å²) >= 11 is 4.98. The molecule has 0 atom stereocenters. The van der Waals surface area contributed by atoms with E-state index in [1.807, 2.05) is 42.5 Å². The lowest BCUT2D eigenvalue weighted by Crippen LogP contribution is -2.24. The maximum atomic E-state index is 11.7. The van der Waals surface area contributed by atoms with E-state index in [-0.39, 0.29) is 5.91 Å². The van der Waals surface area contributed by atoms with Gasteiger partial charge in [-0.3, -0.25) is 4.79 Å². The van der Waals surface area contributed by atoms with E-state index >= 15 is 0 Å². The van der Waals surface area contributed by atoms with Crippen LogP contribution in [0.1, 0.15) is 10.4 Å². The van der Waals surface area contributed by atoms with Crippen molar-refractivity contribution in [1.82, 2.24) is 5.32 Å². The molecule has 0 bridgehead atoms. The van der Waals surface area contributed by atoms with Crippen molar-refractivity contribution >= 4 is 33.2 Å². The Morgan fingerprint density at radius 2 is 1.94 bits per heavy atom. The number of hydrogen-bond acceptors (Lipinski definition) is 2. The summed E-state index contributed by atoms with van der Waals surface area (Å²) in [7, 11) is 0. The molecule has 1 heterocycles. The molecule has 0 fully saturated rings. The van der Waals surface area contributed by atoms with Crippen LogP contribution < -0.4 is 5.32 Å². The summed E-state index contributed by atoms with van der Waals surface area (Å²) in [4.78, 5) is 12.7. The molecule has 2 rings (SSSR count). The zero-order chi connectivity index (χ0) is 12.1. The van der Waals surface area contributed by atoms with Crippen LogP contribution in [-0.2, 0) is 17.8 Å². The van der Waals surface area contributed by atoms with Gasteiger partial charge >= 0.3 is 0 Å². The molecule has 0 spiro atoms. The number of nitrogens with one attached hydrogen (secondary N) is 1. The molecule has 17 heavy (non-hydrogen) atoms. The van der Waals surface area contributed by atoms with E-state index in [4.69, 9.17) is 0 Å². The molecule has 88 valence electrons. The number of carbonyl (C=O) groups is 1. The summed E-state index contributed by atoms with van der Waals surface area (Å²) in [6.07, 6.45) is 0.448. The topological polar surface area (TPSA) is 29.1 Å². The monoisotopic (exact) mass is 309 g/mol. The molecule has 1 N–H and O–H groups in total. The average Bonchev–Trinajstić information content (AvgIpc) is 2.73. The summed E-state index contributed by atoms with van der Waals surface area (Å²) in [6.45, 7) is 0.590. The number of carbonyl (C=O) groups excluding carboxylic acids is 1. The van der Waals surface area contributed by atoms with Crippen molar-refractivity contribution in [2.75, 3.05) is 0 Å². The lowest BCUT2D eigenvalue weighted by molar-refractivity contribution is -0.120. The molecule has 0 aliphatic rings. The summed E-state index contributed by atoms with van der Waals surface area (Å²) in [6, 6.07) is 13.8. The fourth-order valence-electron chi connectivity index (χ4n) is 1.46. The van der Waals surface area contributed by atoms with Crippen LogP contribution in [0, 0.1) is 0 Å². The van der Waals surface area contributed by atoms with Gasteiger partial charge in [0.05, 0.1) is 10.2 Å². The van der Waals surface area contributed by atoms with Crippen LogP contribution >= 0.6 is 27.3 Å². The van der Waals surface area contributed by atoms with Crippen molar-refractivity contribution in [2.24, 2.45) is 0 Å². The maximum absolute atomic E-state index is 11.7. The lowest BCUT2D eigenvalue weighted by atomic mass is 10.2. The summed E-state index contributed by atoms with van der Waals surface area (Å²) in [5, 5.41) is 2.91. The molecule has 4 heteroatoms. The van der Waals surface area contributed by atoms with Crippen LogP contribution in [-0.4, -0.2) is 5.91 Å². The molecule has 0 saturated heterocycles. The van der Waals surface area contributed by atoms with Gasteiger partial charge in [0.15, 0.2) is 0 Å². The Morgan fingerprint density at radius 1 is 1.18 bits per heavy atom. The minimum atomic E-state index is 0.0585. The first-order valence-corrected chi connectivity index (χ1v) is 6.90. The smallest absolute Gasteiger partial charge is 0.225 e. The number of rotatable bonds is 4. The lowest BCUT2D eigenvalue weighted by Gasteiger charge is -2.03. The van der Waals surface area contributed by atoms with E-state index in [0.717, 1.165) is 14.2 Å². The van der Waals surface area contributed by atoms with E-state index in [1.54, 1.807) is 11.3 Å². The SMILES string of the molecule is O=C(Cc1ccc(Br)s1)NCc1ccccc1. The van der Waals surface area contributed by atoms with Gasteiger partial charge in [-0.15, -0.1) is 11.3 Å². The molecule has 1 aromatic heterocycles. The van der Waals surface area contributed by atoms with Gasteiger partial charge in [0.2, 0.25) is 5.91 Å². The van der Waals surface area contributed by atoms with Crippen LogP contribution in [0.15, 0.2) is 46.3 Å². The largest absolute Gasteiger partial charge is 0.352 e. The molecular weight excluding hydrogens is 298 g/mol. The van der Waals surface area contributed by atoms with Gasteiger partial charge in [0.25, 0.3) is 0 Å². The van der Waals surface area contributed by atoms with E-state index in [1.165, 1.54) is 0 Å². The molecule has 0 unspecified atom stereocenters.